The molecule has 1 N–H and O–H groups in total. The highest BCUT2D eigenvalue weighted by Gasteiger charge is 2.34. The van der Waals surface area contributed by atoms with E-state index in [1.807, 2.05) is 6.92 Å². The smallest absolute Gasteiger partial charge is 0.282 e. The zero-order chi connectivity index (χ0) is 20.3. The van der Waals surface area contributed by atoms with Crippen LogP contribution in [-0.4, -0.2) is 25.5 Å². The number of carbonyl (C=O) groups excluding carboxylic acids is 2. The summed E-state index contributed by atoms with van der Waals surface area (Å²) < 4.78 is 10.8. The van der Waals surface area contributed by atoms with Crippen LogP contribution in [0.25, 0.3) is 6.08 Å². The van der Waals surface area contributed by atoms with E-state index in [2.05, 4.69) is 12.0 Å². The van der Waals surface area contributed by atoms with Gasteiger partial charge in [-0.15, -0.1) is 0 Å². The lowest BCUT2D eigenvalue weighted by Gasteiger charge is -2.15. The Bertz CT molecular complexity index is 984. The summed E-state index contributed by atoms with van der Waals surface area (Å²) in [5, 5.41) is 1.69. The van der Waals surface area contributed by atoms with Crippen molar-refractivity contribution in [1.29, 1.82) is 0 Å². The van der Waals surface area contributed by atoms with Crippen molar-refractivity contribution >= 4 is 35.2 Å². The molecule has 2 amide bonds. The molecule has 144 valence electrons. The van der Waals surface area contributed by atoms with Gasteiger partial charge in [-0.05, 0) is 48.4 Å². The second kappa shape index (κ2) is 8.19. The molecule has 1 aliphatic heterocycles. The molecular weight excluding hydrogens is 380 g/mol. The first-order valence-corrected chi connectivity index (χ1v) is 8.87. The maximum absolute atomic E-state index is 12.7. The van der Waals surface area contributed by atoms with E-state index in [1.54, 1.807) is 42.5 Å². The second-order valence-corrected chi connectivity index (χ2v) is 6.49. The molecule has 0 aromatic heterocycles. The fourth-order valence-corrected chi connectivity index (χ4v) is 2.84. The highest BCUT2D eigenvalue weighted by molar-refractivity contribution is 6.33. The van der Waals surface area contributed by atoms with Gasteiger partial charge in [0, 0.05) is 5.02 Å². The van der Waals surface area contributed by atoms with Crippen molar-refractivity contribution in [2.75, 3.05) is 18.7 Å². The van der Waals surface area contributed by atoms with E-state index < -0.39 is 11.8 Å². The maximum Gasteiger partial charge on any atom is 0.282 e. The molecule has 0 saturated carbocycles. The molecule has 0 aliphatic carbocycles. The fourth-order valence-electron chi connectivity index (χ4n) is 2.67. The van der Waals surface area contributed by atoms with E-state index in [-0.39, 0.29) is 5.57 Å². The molecule has 1 saturated heterocycles. The van der Waals surface area contributed by atoms with E-state index in [0.29, 0.717) is 34.4 Å². The monoisotopic (exact) mass is 398 g/mol. The lowest BCUT2D eigenvalue weighted by atomic mass is 10.1. The molecule has 0 radical (unpaired) electrons. The number of hydrogen-bond acceptors (Lipinski definition) is 4. The van der Waals surface area contributed by atoms with Gasteiger partial charge >= 0.3 is 0 Å². The topological polar surface area (TPSA) is 67.9 Å². The largest absolute Gasteiger partial charge is 0.493 e. The van der Waals surface area contributed by atoms with Crippen LogP contribution in [0.1, 0.15) is 11.1 Å². The molecule has 6 nitrogen and oxygen atoms in total. The Balaban J connectivity index is 1.89. The molecule has 0 spiro atoms. The van der Waals surface area contributed by atoms with E-state index in [9.17, 15) is 9.59 Å². The molecule has 3 rings (SSSR count). The van der Waals surface area contributed by atoms with Crippen LogP contribution in [0.2, 0.25) is 5.02 Å². The zero-order valence-electron chi connectivity index (χ0n) is 15.5. The van der Waals surface area contributed by atoms with Crippen LogP contribution >= 0.6 is 11.6 Å². The number of hydrazine groups is 1. The first kappa shape index (κ1) is 19.5. The van der Waals surface area contributed by atoms with Gasteiger partial charge in [-0.3, -0.25) is 15.0 Å². The minimum absolute atomic E-state index is 0.0125. The Hall–Kier alpha value is -3.25. The van der Waals surface area contributed by atoms with Gasteiger partial charge < -0.3 is 9.47 Å². The SMILES string of the molecule is C=CCOc1ccc(/C=C2/C(=O)NN(c3ccc(C)c(Cl)c3)C2=O)cc1OC. The summed E-state index contributed by atoms with van der Waals surface area (Å²) in [4.78, 5) is 25.1. The molecule has 28 heavy (non-hydrogen) atoms. The molecule has 1 aliphatic rings. The van der Waals surface area contributed by atoms with Gasteiger partial charge in [0.25, 0.3) is 11.8 Å². The van der Waals surface area contributed by atoms with Gasteiger partial charge in [-0.25, -0.2) is 5.01 Å². The van der Waals surface area contributed by atoms with E-state index in [1.165, 1.54) is 18.2 Å². The molecule has 2 aromatic rings. The van der Waals surface area contributed by atoms with Crippen LogP contribution in [-0.2, 0) is 9.59 Å². The maximum atomic E-state index is 12.7. The van der Waals surface area contributed by atoms with Crippen LogP contribution in [0.4, 0.5) is 5.69 Å². The van der Waals surface area contributed by atoms with Gasteiger partial charge in [0.2, 0.25) is 0 Å². The number of ether oxygens (including phenoxy) is 2. The second-order valence-electron chi connectivity index (χ2n) is 6.08. The van der Waals surface area contributed by atoms with Gasteiger partial charge in [0.05, 0.1) is 12.8 Å². The van der Waals surface area contributed by atoms with Crippen LogP contribution in [0.5, 0.6) is 11.5 Å². The lowest BCUT2D eigenvalue weighted by Crippen LogP contribution is -2.35. The van der Waals surface area contributed by atoms with Crippen molar-refractivity contribution in [2.24, 2.45) is 0 Å². The predicted molar refractivity (Wildman–Crippen MR) is 108 cm³/mol. The number of aryl methyl sites for hydroxylation is 1. The summed E-state index contributed by atoms with van der Waals surface area (Å²) in [5.74, 6) is 0.0791. The molecule has 0 atom stereocenters. The Morgan fingerprint density at radius 3 is 2.64 bits per heavy atom. The van der Waals surface area contributed by atoms with Crippen LogP contribution in [0.15, 0.2) is 54.6 Å². The van der Waals surface area contributed by atoms with Crippen LogP contribution in [0, 0.1) is 6.92 Å². The van der Waals surface area contributed by atoms with Crippen molar-refractivity contribution in [3.05, 3.63) is 70.8 Å². The third kappa shape index (κ3) is 3.87. The molecule has 2 aromatic carbocycles. The number of benzene rings is 2. The van der Waals surface area contributed by atoms with Crippen LogP contribution in [0.3, 0.4) is 0 Å². The van der Waals surface area contributed by atoms with E-state index >= 15 is 0 Å². The van der Waals surface area contributed by atoms with Crippen molar-refractivity contribution in [1.82, 2.24) is 5.43 Å². The summed E-state index contributed by atoms with van der Waals surface area (Å²) >= 11 is 6.13. The molecule has 0 bridgehead atoms. The summed E-state index contributed by atoms with van der Waals surface area (Å²) in [6, 6.07) is 10.3. The van der Waals surface area contributed by atoms with Gasteiger partial charge in [0.15, 0.2) is 11.5 Å². The third-order valence-corrected chi connectivity index (χ3v) is 4.57. The van der Waals surface area contributed by atoms with Crippen molar-refractivity contribution < 1.29 is 19.1 Å². The number of nitrogens with zero attached hydrogens (tertiary/aromatic N) is 1. The van der Waals surface area contributed by atoms with Crippen LogP contribution < -0.4 is 19.9 Å². The van der Waals surface area contributed by atoms with Crippen molar-refractivity contribution in [3.8, 4) is 11.5 Å². The number of halogens is 1. The molecule has 0 unspecified atom stereocenters. The minimum Gasteiger partial charge on any atom is -0.493 e. The number of hydrogen-bond donors (Lipinski definition) is 1. The number of carbonyl (C=O) groups is 2. The lowest BCUT2D eigenvalue weighted by molar-refractivity contribution is -0.117. The third-order valence-electron chi connectivity index (χ3n) is 4.16. The molecular formula is C21H19ClN2O4. The average molecular weight is 399 g/mol. The Kier molecular flexibility index (Phi) is 5.70. The Labute approximate surface area is 168 Å². The summed E-state index contributed by atoms with van der Waals surface area (Å²) in [5.41, 5.74) is 4.57. The summed E-state index contributed by atoms with van der Waals surface area (Å²) in [6.07, 6.45) is 3.13. The first-order chi connectivity index (χ1) is 13.4. The highest BCUT2D eigenvalue weighted by atomic mass is 35.5. The first-order valence-electron chi connectivity index (χ1n) is 8.49. The number of rotatable bonds is 6. The summed E-state index contributed by atoms with van der Waals surface area (Å²) in [7, 11) is 1.52. The average Bonchev–Trinajstić information content (AvgIpc) is 2.97. The minimum atomic E-state index is -0.493. The number of nitrogens with one attached hydrogen (secondary N) is 1. The predicted octanol–water partition coefficient (Wildman–Crippen LogP) is 3.68. The number of amides is 2. The van der Waals surface area contributed by atoms with Crippen molar-refractivity contribution in [2.45, 2.75) is 6.92 Å². The Morgan fingerprint density at radius 1 is 1.18 bits per heavy atom. The number of anilines is 1. The van der Waals surface area contributed by atoms with Gasteiger partial charge in [-0.1, -0.05) is 36.4 Å². The van der Waals surface area contributed by atoms with E-state index in [0.717, 1.165) is 5.56 Å². The van der Waals surface area contributed by atoms with Crippen molar-refractivity contribution in [3.63, 3.8) is 0 Å². The quantitative estimate of drug-likeness (QED) is 0.458. The molecule has 1 fully saturated rings. The standard InChI is InChI=1S/C21H19ClN2O4/c1-4-9-28-18-8-6-14(11-19(18)27-3)10-16-20(25)23-24(21(16)26)15-7-5-13(2)17(22)12-15/h4-8,10-12H,1,9H2,2-3H3,(H,23,25)/b16-10-. The highest BCUT2D eigenvalue weighted by Crippen LogP contribution is 2.30. The summed E-state index contributed by atoms with van der Waals surface area (Å²) in [6.45, 7) is 5.80. The fraction of sp³-hybridized carbons (Fsp3) is 0.143. The van der Waals surface area contributed by atoms with Gasteiger partial charge in [-0.2, -0.15) is 0 Å². The Morgan fingerprint density at radius 2 is 1.96 bits per heavy atom. The van der Waals surface area contributed by atoms with Gasteiger partial charge in [0.1, 0.15) is 12.2 Å². The molecule has 7 heteroatoms. The zero-order valence-corrected chi connectivity index (χ0v) is 16.2. The molecule has 1 heterocycles. The number of methoxy groups -OCH3 is 1. The van der Waals surface area contributed by atoms with E-state index in [4.69, 9.17) is 21.1 Å². The normalized spacial score (nSPS) is 15.0.